The van der Waals surface area contributed by atoms with E-state index in [9.17, 15) is 4.79 Å². The van der Waals surface area contributed by atoms with E-state index in [1.807, 2.05) is 6.20 Å². The number of esters is 1. The van der Waals surface area contributed by atoms with E-state index < -0.39 is 0 Å². The molecule has 0 aliphatic heterocycles. The van der Waals surface area contributed by atoms with Crippen LogP contribution in [-0.2, 0) is 11.2 Å². The van der Waals surface area contributed by atoms with Gasteiger partial charge in [-0.25, -0.2) is 4.79 Å². The fraction of sp³-hybridized carbons (Fsp3) is 0.684. The lowest BCUT2D eigenvalue weighted by Crippen LogP contribution is -2.46. The molecule has 0 atom stereocenters. The van der Waals surface area contributed by atoms with Crippen LogP contribution in [0.4, 0.5) is 0 Å². The van der Waals surface area contributed by atoms with Gasteiger partial charge in [0.25, 0.3) is 0 Å². The molecule has 0 saturated heterocycles. The van der Waals surface area contributed by atoms with Crippen LogP contribution < -0.4 is 0 Å². The van der Waals surface area contributed by atoms with Gasteiger partial charge in [0.1, 0.15) is 0 Å². The number of hydrogen-bond donors (Lipinski definition) is 0. The summed E-state index contributed by atoms with van der Waals surface area (Å²) in [5.74, 6) is 2.73. The summed E-state index contributed by atoms with van der Waals surface area (Å²) in [5, 5.41) is 0. The number of nitrogens with zero attached hydrogens (tertiary/aromatic N) is 1. The van der Waals surface area contributed by atoms with Gasteiger partial charge in [0.2, 0.25) is 0 Å². The fourth-order valence-electron chi connectivity index (χ4n) is 5.93. The Morgan fingerprint density at radius 2 is 1.86 bits per heavy atom. The minimum atomic E-state index is -0.233. The molecule has 0 spiro atoms. The Hall–Kier alpha value is -1.38. The molecule has 0 amide bonds. The first-order valence-electron chi connectivity index (χ1n) is 8.69. The summed E-state index contributed by atoms with van der Waals surface area (Å²) in [5.41, 5.74) is 2.31. The largest absolute Gasteiger partial charge is 0.465 e. The lowest BCUT2D eigenvalue weighted by molar-refractivity contribution is -0.0570. The summed E-state index contributed by atoms with van der Waals surface area (Å²) in [4.78, 5) is 16.1. The van der Waals surface area contributed by atoms with Gasteiger partial charge < -0.3 is 4.74 Å². The van der Waals surface area contributed by atoms with Crippen molar-refractivity contribution in [1.82, 2.24) is 4.98 Å². The molecular formula is C19H25NO2. The molecule has 5 rings (SSSR count). The van der Waals surface area contributed by atoms with E-state index in [-0.39, 0.29) is 5.97 Å². The van der Waals surface area contributed by atoms with E-state index in [1.54, 1.807) is 12.3 Å². The molecule has 4 fully saturated rings. The molecule has 0 aromatic carbocycles. The highest BCUT2D eigenvalue weighted by atomic mass is 16.5. The van der Waals surface area contributed by atoms with E-state index in [4.69, 9.17) is 4.74 Å². The lowest BCUT2D eigenvalue weighted by atomic mass is 9.48. The van der Waals surface area contributed by atoms with Crippen LogP contribution in [-0.4, -0.2) is 18.1 Å². The molecule has 1 heterocycles. The van der Waals surface area contributed by atoms with Gasteiger partial charge in [0, 0.05) is 12.4 Å². The van der Waals surface area contributed by atoms with Crippen LogP contribution in [0.2, 0.25) is 0 Å². The summed E-state index contributed by atoms with van der Waals surface area (Å²) in [6.07, 6.45) is 14.4. The zero-order chi connectivity index (χ0) is 15.2. The van der Waals surface area contributed by atoms with Crippen LogP contribution in [0.5, 0.6) is 0 Å². The van der Waals surface area contributed by atoms with Crippen LogP contribution in [0.1, 0.15) is 60.9 Å². The Labute approximate surface area is 132 Å². The number of aromatic nitrogens is 1. The van der Waals surface area contributed by atoms with Crippen molar-refractivity contribution in [1.29, 1.82) is 0 Å². The highest BCUT2D eigenvalue weighted by Crippen LogP contribution is 2.61. The van der Waals surface area contributed by atoms with Crippen LogP contribution in [0.3, 0.4) is 0 Å². The van der Waals surface area contributed by atoms with Crippen molar-refractivity contribution in [2.24, 2.45) is 23.2 Å². The fourth-order valence-corrected chi connectivity index (χ4v) is 5.93. The molecule has 118 valence electrons. The molecule has 1 aromatic heterocycles. The molecule has 0 radical (unpaired) electrons. The van der Waals surface area contributed by atoms with Crippen molar-refractivity contribution < 1.29 is 9.53 Å². The minimum absolute atomic E-state index is 0.233. The van der Waals surface area contributed by atoms with Gasteiger partial charge in [-0.2, -0.15) is 0 Å². The number of aryl methyl sites for hydroxylation is 1. The molecule has 4 saturated carbocycles. The second-order valence-electron chi connectivity index (χ2n) is 7.94. The maximum atomic E-state index is 11.9. The highest BCUT2D eigenvalue weighted by Gasteiger charge is 2.50. The summed E-state index contributed by atoms with van der Waals surface area (Å²) >= 11 is 0. The molecule has 0 N–H and O–H groups in total. The molecule has 4 bridgehead atoms. The van der Waals surface area contributed by atoms with Gasteiger partial charge in [-0.15, -0.1) is 0 Å². The van der Waals surface area contributed by atoms with Gasteiger partial charge in [-0.1, -0.05) is 0 Å². The molecule has 3 nitrogen and oxygen atoms in total. The van der Waals surface area contributed by atoms with E-state index in [0.29, 0.717) is 11.0 Å². The van der Waals surface area contributed by atoms with E-state index in [2.05, 4.69) is 4.98 Å². The first-order chi connectivity index (χ1) is 10.7. The Balaban J connectivity index is 1.50. The maximum Gasteiger partial charge on any atom is 0.338 e. The maximum absolute atomic E-state index is 11.9. The van der Waals surface area contributed by atoms with Crippen LogP contribution in [0.25, 0.3) is 0 Å². The van der Waals surface area contributed by atoms with Crippen LogP contribution in [0.15, 0.2) is 18.5 Å². The lowest BCUT2D eigenvalue weighted by Gasteiger charge is -2.57. The first-order valence-corrected chi connectivity index (χ1v) is 8.69. The first kappa shape index (κ1) is 14.2. The second kappa shape index (κ2) is 5.36. The Kier molecular flexibility index (Phi) is 3.47. The predicted molar refractivity (Wildman–Crippen MR) is 84.5 cm³/mol. The standard InChI is InChI=1S/C19H25NO2/c1-22-18(21)17-3-5-20-12-16(17)2-4-19-9-13-6-14(10-19)8-15(7-13)11-19/h3,5,12-15H,2,4,6-11H2,1H3. The second-order valence-corrected chi connectivity index (χ2v) is 7.94. The van der Waals surface area contributed by atoms with Crippen LogP contribution >= 0.6 is 0 Å². The predicted octanol–water partition coefficient (Wildman–Crippen LogP) is 4.02. The minimum Gasteiger partial charge on any atom is -0.465 e. The van der Waals surface area contributed by atoms with E-state index >= 15 is 0 Å². The molecule has 22 heavy (non-hydrogen) atoms. The normalized spacial score (nSPS) is 35.6. The molecule has 0 unspecified atom stereocenters. The summed E-state index contributed by atoms with van der Waals surface area (Å²) in [6.45, 7) is 0. The smallest absolute Gasteiger partial charge is 0.338 e. The zero-order valence-corrected chi connectivity index (χ0v) is 13.4. The van der Waals surface area contributed by atoms with Crippen LogP contribution in [0, 0.1) is 23.2 Å². The number of hydrogen-bond acceptors (Lipinski definition) is 3. The highest BCUT2D eigenvalue weighted by molar-refractivity contribution is 5.90. The Morgan fingerprint density at radius 1 is 1.23 bits per heavy atom. The van der Waals surface area contributed by atoms with E-state index in [0.717, 1.165) is 29.7 Å². The molecule has 3 heteroatoms. The van der Waals surface area contributed by atoms with Gasteiger partial charge in [0.15, 0.2) is 0 Å². The van der Waals surface area contributed by atoms with Crippen molar-refractivity contribution >= 4 is 5.97 Å². The van der Waals surface area contributed by atoms with E-state index in [1.165, 1.54) is 52.1 Å². The number of carbonyl (C=O) groups is 1. The average Bonchev–Trinajstić information content (AvgIpc) is 2.51. The number of methoxy groups -OCH3 is 1. The quantitative estimate of drug-likeness (QED) is 0.788. The van der Waals surface area contributed by atoms with Gasteiger partial charge in [-0.3, -0.25) is 4.98 Å². The molecule has 1 aromatic rings. The van der Waals surface area contributed by atoms with Gasteiger partial charge >= 0.3 is 5.97 Å². The number of carbonyl (C=O) groups excluding carboxylic acids is 1. The summed E-state index contributed by atoms with van der Waals surface area (Å²) in [7, 11) is 1.45. The number of ether oxygens (including phenoxy) is 1. The van der Waals surface area contributed by atoms with Crippen molar-refractivity contribution in [2.45, 2.75) is 51.4 Å². The topological polar surface area (TPSA) is 39.2 Å². The van der Waals surface area contributed by atoms with Crippen molar-refractivity contribution in [2.75, 3.05) is 7.11 Å². The van der Waals surface area contributed by atoms with Gasteiger partial charge in [0.05, 0.1) is 12.7 Å². The summed E-state index contributed by atoms with van der Waals surface area (Å²) < 4.78 is 4.91. The third kappa shape index (κ3) is 2.45. The third-order valence-electron chi connectivity index (χ3n) is 6.40. The zero-order valence-electron chi connectivity index (χ0n) is 13.4. The van der Waals surface area contributed by atoms with Crippen molar-refractivity contribution in [3.8, 4) is 0 Å². The van der Waals surface area contributed by atoms with Gasteiger partial charge in [-0.05, 0) is 86.2 Å². The molecular weight excluding hydrogens is 274 g/mol. The van der Waals surface area contributed by atoms with Crippen molar-refractivity contribution in [3.05, 3.63) is 29.6 Å². The average molecular weight is 299 g/mol. The monoisotopic (exact) mass is 299 g/mol. The Bertz CT molecular complexity index is 545. The number of pyridine rings is 1. The molecule has 4 aliphatic carbocycles. The Morgan fingerprint density at radius 3 is 2.45 bits per heavy atom. The summed E-state index contributed by atoms with van der Waals surface area (Å²) in [6, 6.07) is 1.79. The SMILES string of the molecule is COC(=O)c1ccncc1CCC12CC3CC(CC(C3)C1)C2. The number of rotatable bonds is 4. The van der Waals surface area contributed by atoms with Crippen molar-refractivity contribution in [3.63, 3.8) is 0 Å². The third-order valence-corrected chi connectivity index (χ3v) is 6.40. The molecule has 4 aliphatic rings.